The van der Waals surface area contributed by atoms with Crippen molar-refractivity contribution in [2.45, 2.75) is 58.5 Å². The van der Waals surface area contributed by atoms with Crippen LogP contribution in [0.25, 0.3) is 0 Å². The van der Waals surface area contributed by atoms with E-state index in [9.17, 15) is 0 Å². The molecular formula is C19H45N3O3Si. The Morgan fingerprint density at radius 3 is 2.04 bits per heavy atom. The summed E-state index contributed by atoms with van der Waals surface area (Å²) >= 11 is 0. The molecule has 0 aromatic heterocycles. The first-order chi connectivity index (χ1) is 12.5. The van der Waals surface area contributed by atoms with Gasteiger partial charge in [-0.1, -0.05) is 13.8 Å². The van der Waals surface area contributed by atoms with Crippen molar-refractivity contribution in [3.05, 3.63) is 0 Å². The third-order valence-electron chi connectivity index (χ3n) is 5.04. The van der Waals surface area contributed by atoms with Crippen LogP contribution in [0.2, 0.25) is 6.04 Å². The van der Waals surface area contributed by atoms with E-state index < -0.39 is 8.80 Å². The standard InChI is InChI=1S/C19H45N3O3Si/c1-8-13-21(4)14-11-16-22(15-10-12-20-19(3)9-2)17-18-26(23-5,24-6)25-7/h19-20H,8-18H2,1-7H3. The highest BCUT2D eigenvalue weighted by Gasteiger charge is 2.37. The zero-order valence-electron chi connectivity index (χ0n) is 18.5. The van der Waals surface area contributed by atoms with Gasteiger partial charge in [-0.25, -0.2) is 0 Å². The minimum Gasteiger partial charge on any atom is -0.377 e. The molecule has 1 atom stereocenters. The van der Waals surface area contributed by atoms with Gasteiger partial charge < -0.3 is 28.4 Å². The Bertz CT molecular complexity index is 312. The number of rotatable bonds is 18. The molecule has 0 saturated heterocycles. The molecule has 0 bridgehead atoms. The first-order valence-electron chi connectivity index (χ1n) is 10.3. The van der Waals surface area contributed by atoms with Crippen molar-refractivity contribution in [3.63, 3.8) is 0 Å². The van der Waals surface area contributed by atoms with Crippen LogP contribution in [0.3, 0.4) is 0 Å². The fourth-order valence-electron chi connectivity index (χ4n) is 3.04. The highest BCUT2D eigenvalue weighted by atomic mass is 28.4. The Kier molecular flexibility index (Phi) is 16.0. The van der Waals surface area contributed by atoms with Crippen LogP contribution in [0.5, 0.6) is 0 Å². The fraction of sp³-hybridized carbons (Fsp3) is 1.00. The van der Waals surface area contributed by atoms with Gasteiger partial charge in [0.15, 0.2) is 0 Å². The molecule has 0 rings (SSSR count). The van der Waals surface area contributed by atoms with E-state index >= 15 is 0 Å². The van der Waals surface area contributed by atoms with Gasteiger partial charge in [0.2, 0.25) is 0 Å². The summed E-state index contributed by atoms with van der Waals surface area (Å²) in [5.74, 6) is 0. The lowest BCUT2D eigenvalue weighted by atomic mass is 10.2. The van der Waals surface area contributed by atoms with Crippen LogP contribution < -0.4 is 5.32 Å². The van der Waals surface area contributed by atoms with Crippen LogP contribution in [0.1, 0.15) is 46.5 Å². The van der Waals surface area contributed by atoms with E-state index in [0.717, 1.165) is 45.2 Å². The van der Waals surface area contributed by atoms with E-state index in [-0.39, 0.29) is 0 Å². The minimum absolute atomic E-state index is 0.599. The Hall–Kier alpha value is -0.0231. The van der Waals surface area contributed by atoms with Gasteiger partial charge in [-0.3, -0.25) is 0 Å². The van der Waals surface area contributed by atoms with Crippen molar-refractivity contribution in [3.8, 4) is 0 Å². The second kappa shape index (κ2) is 16.0. The molecule has 0 aliphatic carbocycles. The van der Waals surface area contributed by atoms with Crippen LogP contribution in [-0.4, -0.2) is 92.3 Å². The molecule has 6 nitrogen and oxygen atoms in total. The summed E-state index contributed by atoms with van der Waals surface area (Å²) in [6.07, 6.45) is 4.75. The van der Waals surface area contributed by atoms with E-state index in [1.54, 1.807) is 21.3 Å². The molecule has 0 aliphatic rings. The molecule has 0 aromatic rings. The second-order valence-electron chi connectivity index (χ2n) is 7.16. The quantitative estimate of drug-likeness (QED) is 0.286. The Morgan fingerprint density at radius 2 is 1.50 bits per heavy atom. The predicted molar refractivity (Wildman–Crippen MR) is 113 cm³/mol. The largest absolute Gasteiger partial charge is 0.501 e. The summed E-state index contributed by atoms with van der Waals surface area (Å²) in [5, 5.41) is 3.58. The molecule has 0 heterocycles. The third kappa shape index (κ3) is 11.6. The summed E-state index contributed by atoms with van der Waals surface area (Å²) in [6, 6.07) is 1.43. The topological polar surface area (TPSA) is 46.2 Å². The lowest BCUT2D eigenvalue weighted by molar-refractivity contribution is 0.117. The Balaban J connectivity index is 4.42. The zero-order valence-corrected chi connectivity index (χ0v) is 19.5. The number of nitrogens with zero attached hydrogens (tertiary/aromatic N) is 2. The average molecular weight is 392 g/mol. The van der Waals surface area contributed by atoms with Crippen molar-refractivity contribution in [1.82, 2.24) is 15.1 Å². The summed E-state index contributed by atoms with van der Waals surface area (Å²) in [5.41, 5.74) is 0. The molecule has 7 heteroatoms. The van der Waals surface area contributed by atoms with E-state index in [2.05, 4.69) is 42.9 Å². The Labute approximate surface area is 163 Å². The highest BCUT2D eigenvalue weighted by Crippen LogP contribution is 2.14. The van der Waals surface area contributed by atoms with Crippen molar-refractivity contribution >= 4 is 8.80 Å². The smallest absolute Gasteiger partial charge is 0.377 e. The Morgan fingerprint density at radius 1 is 0.885 bits per heavy atom. The molecule has 1 N–H and O–H groups in total. The molecule has 0 aromatic carbocycles. The van der Waals surface area contributed by atoms with Crippen molar-refractivity contribution in [2.24, 2.45) is 0 Å². The van der Waals surface area contributed by atoms with Gasteiger partial charge in [0.25, 0.3) is 0 Å². The van der Waals surface area contributed by atoms with Gasteiger partial charge in [-0.2, -0.15) is 0 Å². The van der Waals surface area contributed by atoms with E-state index in [0.29, 0.717) is 6.04 Å². The molecule has 0 saturated carbocycles. The van der Waals surface area contributed by atoms with Crippen molar-refractivity contribution < 1.29 is 13.3 Å². The molecule has 26 heavy (non-hydrogen) atoms. The fourth-order valence-corrected chi connectivity index (χ4v) is 4.74. The monoisotopic (exact) mass is 391 g/mol. The first-order valence-corrected chi connectivity index (χ1v) is 12.2. The predicted octanol–water partition coefficient (Wildman–Crippen LogP) is 2.68. The first kappa shape index (κ1) is 26.0. The van der Waals surface area contributed by atoms with E-state index in [1.807, 2.05) is 0 Å². The van der Waals surface area contributed by atoms with E-state index in [4.69, 9.17) is 13.3 Å². The summed E-state index contributed by atoms with van der Waals surface area (Å²) in [7, 11) is 4.80. The lowest BCUT2D eigenvalue weighted by Gasteiger charge is -2.29. The second-order valence-corrected chi connectivity index (χ2v) is 10.3. The molecular weight excluding hydrogens is 346 g/mol. The molecule has 0 amide bonds. The van der Waals surface area contributed by atoms with Crippen LogP contribution in [0.15, 0.2) is 0 Å². The maximum atomic E-state index is 5.58. The van der Waals surface area contributed by atoms with E-state index in [1.165, 1.54) is 25.8 Å². The summed E-state index contributed by atoms with van der Waals surface area (Å²) in [6.45, 7) is 13.3. The van der Waals surface area contributed by atoms with Gasteiger partial charge in [-0.05, 0) is 72.4 Å². The maximum Gasteiger partial charge on any atom is 0.501 e. The maximum absolute atomic E-state index is 5.58. The summed E-state index contributed by atoms with van der Waals surface area (Å²) < 4.78 is 16.7. The molecule has 1 unspecified atom stereocenters. The lowest BCUT2D eigenvalue weighted by Crippen LogP contribution is -2.46. The van der Waals surface area contributed by atoms with Crippen LogP contribution >= 0.6 is 0 Å². The molecule has 0 aliphatic heterocycles. The van der Waals surface area contributed by atoms with Gasteiger partial charge in [0.05, 0.1) is 0 Å². The van der Waals surface area contributed by atoms with Gasteiger partial charge in [-0.15, -0.1) is 0 Å². The highest BCUT2D eigenvalue weighted by molar-refractivity contribution is 6.60. The SMILES string of the molecule is CCCN(C)CCCN(CCCNC(C)CC)CC[Si](OC)(OC)OC. The van der Waals surface area contributed by atoms with Gasteiger partial charge >= 0.3 is 8.80 Å². The van der Waals surface area contributed by atoms with Crippen LogP contribution in [-0.2, 0) is 13.3 Å². The zero-order chi connectivity index (χ0) is 19.8. The van der Waals surface area contributed by atoms with Crippen LogP contribution in [0.4, 0.5) is 0 Å². The molecule has 0 spiro atoms. The van der Waals surface area contributed by atoms with Crippen LogP contribution in [0, 0.1) is 0 Å². The van der Waals surface area contributed by atoms with Crippen molar-refractivity contribution in [2.75, 3.05) is 67.6 Å². The minimum atomic E-state index is -2.49. The molecule has 0 fully saturated rings. The normalized spacial score (nSPS) is 13.7. The van der Waals surface area contributed by atoms with Gasteiger partial charge in [0.1, 0.15) is 0 Å². The molecule has 0 radical (unpaired) electrons. The number of hydrogen-bond acceptors (Lipinski definition) is 6. The summed E-state index contributed by atoms with van der Waals surface area (Å²) in [4.78, 5) is 4.96. The van der Waals surface area contributed by atoms with Gasteiger partial charge in [0, 0.05) is 40.0 Å². The average Bonchev–Trinajstić information content (AvgIpc) is 2.65. The number of nitrogens with one attached hydrogen (secondary N) is 1. The molecule has 158 valence electrons. The van der Waals surface area contributed by atoms with Crippen molar-refractivity contribution in [1.29, 1.82) is 0 Å². The third-order valence-corrected chi connectivity index (χ3v) is 7.75. The number of hydrogen-bond donors (Lipinski definition) is 1.